The molecule has 0 bridgehead atoms. The lowest BCUT2D eigenvalue weighted by atomic mass is 10.1. The third kappa shape index (κ3) is 2.51. The number of benzene rings is 1. The Kier molecular flexibility index (Phi) is 3.72. The van der Waals surface area contributed by atoms with Crippen LogP contribution in [0.4, 0.5) is 0 Å². The van der Waals surface area contributed by atoms with Crippen molar-refractivity contribution in [3.63, 3.8) is 0 Å². The average Bonchev–Trinajstić information content (AvgIpc) is 3.15. The minimum Gasteiger partial charge on any atom is -0.373 e. The Morgan fingerprint density at radius 2 is 2.14 bits per heavy atom. The molecule has 0 saturated carbocycles. The molecule has 3 rings (SSSR count). The van der Waals surface area contributed by atoms with Gasteiger partial charge >= 0.3 is 0 Å². The van der Waals surface area contributed by atoms with E-state index < -0.39 is 16.3 Å². The number of aromatic nitrogens is 1. The number of para-hydroxylation sites is 1. The molecule has 0 aliphatic carbocycles. The number of aliphatic hydroxyl groups is 1. The lowest BCUT2D eigenvalue weighted by molar-refractivity contribution is 0.168. The number of sulfonamides is 1. The summed E-state index contributed by atoms with van der Waals surface area (Å²) in [5, 5.41) is 21.5. The smallest absolute Gasteiger partial charge is 0.252 e. The zero-order valence-corrected chi connectivity index (χ0v) is 12.8. The number of nitrogens with one attached hydrogen (secondary N) is 2. The molecule has 8 heteroatoms. The molecule has 0 radical (unpaired) electrons. The predicted octanol–water partition coefficient (Wildman–Crippen LogP) is 2.07. The molecule has 2 aromatic heterocycles. The summed E-state index contributed by atoms with van der Waals surface area (Å²) in [6.07, 6.45) is 0.107. The fourth-order valence-electron chi connectivity index (χ4n) is 2.18. The lowest BCUT2D eigenvalue weighted by Gasteiger charge is -2.13. The third-order valence-corrected chi connectivity index (χ3v) is 6.00. The Balaban J connectivity index is 1.98. The number of fused-ring (bicyclic) bond motifs is 1. The van der Waals surface area contributed by atoms with Crippen molar-refractivity contribution >= 4 is 32.3 Å². The second-order valence-electron chi connectivity index (χ2n) is 4.54. The Morgan fingerprint density at radius 3 is 2.82 bits per heavy atom. The van der Waals surface area contributed by atoms with Crippen molar-refractivity contribution in [2.75, 3.05) is 0 Å². The maximum Gasteiger partial charge on any atom is 0.252 e. The van der Waals surface area contributed by atoms with Gasteiger partial charge in [0.25, 0.3) is 10.0 Å². The van der Waals surface area contributed by atoms with Gasteiger partial charge in [0.1, 0.15) is 16.5 Å². The van der Waals surface area contributed by atoms with Crippen LogP contribution in [0, 0.1) is 11.3 Å². The van der Waals surface area contributed by atoms with Gasteiger partial charge in [-0.1, -0.05) is 24.3 Å². The molecule has 3 N–H and O–H groups in total. The van der Waals surface area contributed by atoms with Crippen LogP contribution in [0.5, 0.6) is 0 Å². The van der Waals surface area contributed by atoms with E-state index in [-0.39, 0.29) is 4.21 Å². The molecule has 6 nitrogen and oxygen atoms in total. The van der Waals surface area contributed by atoms with Crippen LogP contribution in [0.1, 0.15) is 17.4 Å². The summed E-state index contributed by atoms with van der Waals surface area (Å²) in [6, 6.07) is 10.1. The number of hydrogen-bond donors (Lipinski definition) is 3. The first-order chi connectivity index (χ1) is 10.5. The molecule has 3 aromatic rings. The molecule has 112 valence electrons. The fraction of sp³-hybridized carbons (Fsp3) is 0.0714. The van der Waals surface area contributed by atoms with Gasteiger partial charge in [-0.05, 0) is 11.4 Å². The molecule has 1 atom stereocenters. The van der Waals surface area contributed by atoms with E-state index in [2.05, 4.69) is 9.71 Å². The fourth-order valence-corrected chi connectivity index (χ4v) is 4.24. The zero-order valence-electron chi connectivity index (χ0n) is 11.1. The molecule has 0 saturated heterocycles. The first-order valence-corrected chi connectivity index (χ1v) is 8.63. The highest BCUT2D eigenvalue weighted by molar-refractivity contribution is 7.91. The van der Waals surface area contributed by atoms with Gasteiger partial charge < -0.3 is 10.1 Å². The Bertz CT molecular complexity index is 953. The number of hydrogen-bond acceptors (Lipinski definition) is 5. The van der Waals surface area contributed by atoms with E-state index in [1.165, 1.54) is 12.3 Å². The largest absolute Gasteiger partial charge is 0.373 e. The summed E-state index contributed by atoms with van der Waals surface area (Å²) in [5.74, 6) is 0. The minimum absolute atomic E-state index is 0.128. The normalized spacial score (nSPS) is 13.1. The van der Waals surface area contributed by atoms with Gasteiger partial charge in [-0.15, -0.1) is 11.3 Å². The molecule has 22 heavy (non-hydrogen) atoms. The SMILES string of the molecule is N#Cc1c[nH]c2c(C(O)NS(=O)(=O)c3cccs3)cccc12. The van der Waals surface area contributed by atoms with Crippen molar-refractivity contribution in [3.8, 4) is 6.07 Å². The molecule has 0 spiro atoms. The highest BCUT2D eigenvalue weighted by Crippen LogP contribution is 2.26. The van der Waals surface area contributed by atoms with Crippen molar-refractivity contribution in [2.45, 2.75) is 10.4 Å². The van der Waals surface area contributed by atoms with E-state index in [9.17, 15) is 13.5 Å². The van der Waals surface area contributed by atoms with Gasteiger partial charge in [-0.3, -0.25) is 0 Å². The van der Waals surface area contributed by atoms with Crippen LogP contribution in [-0.4, -0.2) is 18.5 Å². The van der Waals surface area contributed by atoms with Gasteiger partial charge in [0, 0.05) is 17.1 Å². The minimum atomic E-state index is -3.79. The summed E-state index contributed by atoms with van der Waals surface area (Å²) in [6.45, 7) is 0. The van der Waals surface area contributed by atoms with Crippen molar-refractivity contribution in [2.24, 2.45) is 0 Å². The second kappa shape index (κ2) is 5.55. The highest BCUT2D eigenvalue weighted by Gasteiger charge is 2.22. The van der Waals surface area contributed by atoms with E-state index in [0.29, 0.717) is 22.0 Å². The van der Waals surface area contributed by atoms with E-state index in [1.807, 2.05) is 6.07 Å². The average molecular weight is 333 g/mol. The third-order valence-electron chi connectivity index (χ3n) is 3.19. The zero-order chi connectivity index (χ0) is 15.7. The molecule has 1 aromatic carbocycles. The number of nitriles is 1. The quantitative estimate of drug-likeness (QED) is 0.635. The van der Waals surface area contributed by atoms with Crippen LogP contribution in [0.3, 0.4) is 0 Å². The molecule has 0 aliphatic rings. The molecule has 0 amide bonds. The maximum atomic E-state index is 12.2. The van der Waals surface area contributed by atoms with Crippen molar-refractivity contribution < 1.29 is 13.5 Å². The van der Waals surface area contributed by atoms with Crippen LogP contribution in [0.15, 0.2) is 46.1 Å². The maximum absolute atomic E-state index is 12.2. The van der Waals surface area contributed by atoms with Crippen molar-refractivity contribution in [3.05, 3.63) is 53.0 Å². The Hall–Kier alpha value is -2.18. The number of H-pyrrole nitrogens is 1. The van der Waals surface area contributed by atoms with E-state index in [4.69, 9.17) is 5.26 Å². The molecule has 2 heterocycles. The first-order valence-electron chi connectivity index (χ1n) is 6.27. The number of rotatable bonds is 4. The topological polar surface area (TPSA) is 106 Å². The monoisotopic (exact) mass is 333 g/mol. The van der Waals surface area contributed by atoms with E-state index in [0.717, 1.165) is 11.3 Å². The summed E-state index contributed by atoms with van der Waals surface area (Å²) >= 11 is 1.07. The molecule has 0 fully saturated rings. The standard InChI is InChI=1S/C14H11N3O3S2/c15-7-9-8-16-13-10(9)3-1-4-11(13)14(18)17-22(19,20)12-5-2-6-21-12/h1-6,8,14,16-18H. The second-order valence-corrected chi connectivity index (χ2v) is 7.43. The molecular weight excluding hydrogens is 322 g/mol. The predicted molar refractivity (Wildman–Crippen MR) is 82.6 cm³/mol. The van der Waals surface area contributed by atoms with E-state index in [1.54, 1.807) is 29.6 Å². The van der Waals surface area contributed by atoms with Gasteiger partial charge in [0.15, 0.2) is 0 Å². The van der Waals surface area contributed by atoms with Gasteiger partial charge in [0.2, 0.25) is 0 Å². The summed E-state index contributed by atoms with van der Waals surface area (Å²) < 4.78 is 26.7. The van der Waals surface area contributed by atoms with Crippen LogP contribution >= 0.6 is 11.3 Å². The number of thiophene rings is 1. The molecule has 1 unspecified atom stereocenters. The Labute approximate surface area is 130 Å². The Morgan fingerprint density at radius 1 is 1.32 bits per heavy atom. The summed E-state index contributed by atoms with van der Waals surface area (Å²) in [4.78, 5) is 2.89. The molecule has 0 aliphatic heterocycles. The van der Waals surface area contributed by atoms with Crippen LogP contribution in [0.2, 0.25) is 0 Å². The number of aromatic amines is 1. The van der Waals surface area contributed by atoms with Crippen LogP contribution in [0.25, 0.3) is 10.9 Å². The van der Waals surface area contributed by atoms with Gasteiger partial charge in [-0.25, -0.2) is 8.42 Å². The van der Waals surface area contributed by atoms with E-state index >= 15 is 0 Å². The van der Waals surface area contributed by atoms with Gasteiger partial charge in [-0.2, -0.15) is 9.98 Å². The number of aliphatic hydroxyl groups excluding tert-OH is 1. The van der Waals surface area contributed by atoms with Crippen molar-refractivity contribution in [1.29, 1.82) is 5.26 Å². The van der Waals surface area contributed by atoms with Crippen LogP contribution in [-0.2, 0) is 10.0 Å². The lowest BCUT2D eigenvalue weighted by Crippen LogP contribution is -2.28. The molecular formula is C14H11N3O3S2. The first kappa shape index (κ1) is 14.7. The number of nitrogens with zero attached hydrogens (tertiary/aromatic N) is 1. The summed E-state index contributed by atoms with van der Waals surface area (Å²) in [5.41, 5.74) is 1.32. The van der Waals surface area contributed by atoms with Gasteiger partial charge in [0.05, 0.1) is 11.1 Å². The highest BCUT2D eigenvalue weighted by atomic mass is 32.2. The van der Waals surface area contributed by atoms with Crippen LogP contribution < -0.4 is 4.72 Å². The summed E-state index contributed by atoms with van der Waals surface area (Å²) in [7, 11) is -3.79. The van der Waals surface area contributed by atoms with Crippen molar-refractivity contribution in [1.82, 2.24) is 9.71 Å².